The van der Waals surface area contributed by atoms with Gasteiger partial charge in [-0.2, -0.15) is 0 Å². The van der Waals surface area contributed by atoms with Crippen molar-refractivity contribution in [1.29, 1.82) is 0 Å². The third kappa shape index (κ3) is 3.65. The van der Waals surface area contributed by atoms with Gasteiger partial charge in [0.05, 0.1) is 29.8 Å². The van der Waals surface area contributed by atoms with Gasteiger partial charge in [-0.25, -0.2) is 9.97 Å². The molecule has 2 aromatic heterocycles. The molecule has 0 aromatic carbocycles. The van der Waals surface area contributed by atoms with Crippen LogP contribution in [-0.4, -0.2) is 20.1 Å². The fraction of sp³-hybridized carbons (Fsp3) is 0.538. The third-order valence-electron chi connectivity index (χ3n) is 2.66. The van der Waals surface area contributed by atoms with Crippen LogP contribution in [0.1, 0.15) is 37.0 Å². The lowest BCUT2D eigenvalue weighted by atomic mass is 10.1. The lowest BCUT2D eigenvalue weighted by Gasteiger charge is -2.19. The molecule has 0 radical (unpaired) electrons. The number of nitrogens with one attached hydrogen (secondary N) is 1. The van der Waals surface area contributed by atoms with Gasteiger partial charge in [-0.15, -0.1) is 11.3 Å². The van der Waals surface area contributed by atoms with E-state index in [0.29, 0.717) is 0 Å². The summed E-state index contributed by atoms with van der Waals surface area (Å²) < 4.78 is 2.11. The number of imidazole rings is 1. The van der Waals surface area contributed by atoms with Crippen molar-refractivity contribution in [2.45, 2.75) is 46.3 Å². The molecule has 0 spiro atoms. The van der Waals surface area contributed by atoms with E-state index in [2.05, 4.69) is 46.8 Å². The summed E-state index contributed by atoms with van der Waals surface area (Å²) in [4.78, 5) is 9.97. The molecule has 18 heavy (non-hydrogen) atoms. The molecule has 0 atom stereocenters. The van der Waals surface area contributed by atoms with Gasteiger partial charge in [0.2, 0.25) is 0 Å². The standard InChI is InChI=1S/C13H20N4S/c1-10-12(18-9-15-10)7-17-6-11(14-8-17)5-16-13(2,3)4/h6,8-9,16H,5,7H2,1-4H3. The number of hydrogen-bond acceptors (Lipinski definition) is 4. The van der Waals surface area contributed by atoms with Crippen molar-refractivity contribution in [3.63, 3.8) is 0 Å². The van der Waals surface area contributed by atoms with Gasteiger partial charge in [-0.3, -0.25) is 0 Å². The second-order valence-electron chi connectivity index (χ2n) is 5.50. The lowest BCUT2D eigenvalue weighted by molar-refractivity contribution is 0.421. The Labute approximate surface area is 112 Å². The summed E-state index contributed by atoms with van der Waals surface area (Å²) in [5.74, 6) is 0. The van der Waals surface area contributed by atoms with Crippen LogP contribution in [0.4, 0.5) is 0 Å². The Bertz CT molecular complexity index is 507. The van der Waals surface area contributed by atoms with Crippen molar-refractivity contribution in [1.82, 2.24) is 19.9 Å². The van der Waals surface area contributed by atoms with Crippen LogP contribution < -0.4 is 5.32 Å². The molecule has 1 N–H and O–H groups in total. The Morgan fingerprint density at radius 3 is 2.72 bits per heavy atom. The van der Waals surface area contributed by atoms with Gasteiger partial charge in [0.1, 0.15) is 0 Å². The van der Waals surface area contributed by atoms with Gasteiger partial charge >= 0.3 is 0 Å². The molecule has 0 aliphatic heterocycles. The van der Waals surface area contributed by atoms with Crippen molar-refractivity contribution < 1.29 is 0 Å². The average molecular weight is 264 g/mol. The van der Waals surface area contributed by atoms with Crippen molar-refractivity contribution in [2.75, 3.05) is 0 Å². The first-order valence-corrected chi connectivity index (χ1v) is 6.97. The highest BCUT2D eigenvalue weighted by Crippen LogP contribution is 2.14. The highest BCUT2D eigenvalue weighted by atomic mass is 32.1. The minimum Gasteiger partial charge on any atom is -0.332 e. The molecule has 4 nitrogen and oxygen atoms in total. The molecule has 0 amide bonds. The lowest BCUT2D eigenvalue weighted by Crippen LogP contribution is -2.35. The molecule has 0 aliphatic rings. The van der Waals surface area contributed by atoms with Crippen LogP contribution in [0, 0.1) is 6.92 Å². The van der Waals surface area contributed by atoms with E-state index in [-0.39, 0.29) is 5.54 Å². The predicted octanol–water partition coefficient (Wildman–Crippen LogP) is 2.58. The zero-order valence-electron chi connectivity index (χ0n) is 11.4. The van der Waals surface area contributed by atoms with E-state index in [9.17, 15) is 0 Å². The van der Waals surface area contributed by atoms with Gasteiger partial charge < -0.3 is 9.88 Å². The van der Waals surface area contributed by atoms with Gasteiger partial charge in [0.25, 0.3) is 0 Å². The summed E-state index contributed by atoms with van der Waals surface area (Å²) in [5, 5.41) is 3.44. The van der Waals surface area contributed by atoms with Crippen LogP contribution >= 0.6 is 11.3 Å². The number of aryl methyl sites for hydroxylation is 1. The largest absolute Gasteiger partial charge is 0.332 e. The van der Waals surface area contributed by atoms with Gasteiger partial charge in [0, 0.05) is 23.2 Å². The Morgan fingerprint density at radius 1 is 1.33 bits per heavy atom. The molecule has 2 rings (SSSR count). The van der Waals surface area contributed by atoms with Crippen molar-refractivity contribution in [3.8, 4) is 0 Å². The molecule has 0 aliphatic carbocycles. The number of rotatable bonds is 4. The van der Waals surface area contributed by atoms with E-state index in [4.69, 9.17) is 0 Å². The fourth-order valence-electron chi connectivity index (χ4n) is 1.58. The van der Waals surface area contributed by atoms with E-state index in [1.54, 1.807) is 11.3 Å². The van der Waals surface area contributed by atoms with Crippen LogP contribution in [0.2, 0.25) is 0 Å². The first-order chi connectivity index (χ1) is 8.44. The van der Waals surface area contributed by atoms with Crippen molar-refractivity contribution in [3.05, 3.63) is 34.3 Å². The number of nitrogens with zero attached hydrogens (tertiary/aromatic N) is 3. The topological polar surface area (TPSA) is 42.7 Å². The van der Waals surface area contributed by atoms with Crippen molar-refractivity contribution >= 4 is 11.3 Å². The Kier molecular flexibility index (Phi) is 3.82. The van der Waals surface area contributed by atoms with Crippen LogP contribution in [0.5, 0.6) is 0 Å². The number of hydrogen-bond donors (Lipinski definition) is 1. The van der Waals surface area contributed by atoms with Crippen molar-refractivity contribution in [2.24, 2.45) is 0 Å². The summed E-state index contributed by atoms with van der Waals surface area (Å²) in [6.07, 6.45) is 3.98. The smallest absolute Gasteiger partial charge is 0.0953 e. The van der Waals surface area contributed by atoms with Crippen LogP contribution in [-0.2, 0) is 13.1 Å². The van der Waals surface area contributed by atoms with Gasteiger partial charge in [-0.05, 0) is 27.7 Å². The maximum absolute atomic E-state index is 4.41. The molecule has 2 heterocycles. The van der Waals surface area contributed by atoms with E-state index >= 15 is 0 Å². The highest BCUT2D eigenvalue weighted by molar-refractivity contribution is 7.09. The average Bonchev–Trinajstić information content (AvgIpc) is 2.86. The monoisotopic (exact) mass is 264 g/mol. The molecule has 0 fully saturated rings. The zero-order valence-corrected chi connectivity index (χ0v) is 12.2. The van der Waals surface area contributed by atoms with Gasteiger partial charge in [0.15, 0.2) is 0 Å². The van der Waals surface area contributed by atoms with Crippen LogP contribution in [0.25, 0.3) is 0 Å². The number of thiazole rings is 1. The first kappa shape index (κ1) is 13.2. The second kappa shape index (κ2) is 5.20. The summed E-state index contributed by atoms with van der Waals surface area (Å²) in [7, 11) is 0. The molecule has 0 bridgehead atoms. The SMILES string of the molecule is Cc1ncsc1Cn1cnc(CNC(C)(C)C)c1. The third-order valence-corrected chi connectivity index (χ3v) is 3.58. The highest BCUT2D eigenvalue weighted by Gasteiger charge is 2.10. The molecule has 0 saturated heterocycles. The fourth-order valence-corrected chi connectivity index (χ4v) is 2.37. The second-order valence-corrected chi connectivity index (χ2v) is 6.44. The Morgan fingerprint density at radius 2 is 2.11 bits per heavy atom. The van der Waals surface area contributed by atoms with E-state index < -0.39 is 0 Å². The van der Waals surface area contributed by atoms with Crippen LogP contribution in [0.15, 0.2) is 18.0 Å². The van der Waals surface area contributed by atoms with E-state index in [0.717, 1.165) is 24.5 Å². The van der Waals surface area contributed by atoms with E-state index in [1.807, 2.05) is 18.8 Å². The molecular weight excluding hydrogens is 244 g/mol. The summed E-state index contributed by atoms with van der Waals surface area (Å²) >= 11 is 1.70. The Balaban J connectivity index is 1.96. The van der Waals surface area contributed by atoms with Gasteiger partial charge in [-0.1, -0.05) is 0 Å². The molecule has 0 unspecified atom stereocenters. The molecule has 0 saturated carbocycles. The maximum Gasteiger partial charge on any atom is 0.0953 e. The predicted molar refractivity (Wildman–Crippen MR) is 74.8 cm³/mol. The zero-order chi connectivity index (χ0) is 13.2. The molecular formula is C13H20N4S. The van der Waals surface area contributed by atoms with Crippen LogP contribution in [0.3, 0.4) is 0 Å². The first-order valence-electron chi connectivity index (χ1n) is 6.09. The summed E-state index contributed by atoms with van der Waals surface area (Å²) in [6, 6.07) is 0. The molecule has 2 aromatic rings. The maximum atomic E-state index is 4.41. The molecule has 5 heteroatoms. The Hall–Kier alpha value is -1.20. The number of aromatic nitrogens is 3. The van der Waals surface area contributed by atoms with E-state index in [1.165, 1.54) is 4.88 Å². The quantitative estimate of drug-likeness (QED) is 0.923. The minimum atomic E-state index is 0.123. The minimum absolute atomic E-state index is 0.123. The summed E-state index contributed by atoms with van der Waals surface area (Å²) in [6.45, 7) is 10.2. The molecule has 98 valence electrons. The normalized spacial score (nSPS) is 12.0. The summed E-state index contributed by atoms with van der Waals surface area (Å²) in [5.41, 5.74) is 4.21.